The Labute approximate surface area is 192 Å². The maximum atomic E-state index is 12.9. The average molecular weight is 491 g/mol. The number of benzene rings is 2. The molecule has 1 aliphatic rings. The Bertz CT molecular complexity index is 1320. The van der Waals surface area contributed by atoms with Gasteiger partial charge in [-0.1, -0.05) is 23.7 Å². The van der Waals surface area contributed by atoms with Gasteiger partial charge in [0.1, 0.15) is 16.5 Å². The van der Waals surface area contributed by atoms with Crippen LogP contribution in [0.4, 0.5) is 16.5 Å². The van der Waals surface area contributed by atoms with Crippen LogP contribution >= 0.6 is 22.9 Å². The summed E-state index contributed by atoms with van der Waals surface area (Å²) in [6.45, 7) is 0. The monoisotopic (exact) mass is 490 g/mol. The van der Waals surface area contributed by atoms with Crippen LogP contribution in [0.25, 0.3) is 0 Å². The van der Waals surface area contributed by atoms with E-state index in [1.165, 1.54) is 37.6 Å². The van der Waals surface area contributed by atoms with Crippen LogP contribution in [0.5, 0.6) is 5.75 Å². The minimum Gasteiger partial charge on any atom is -0.495 e. The van der Waals surface area contributed by atoms with E-state index in [-0.39, 0.29) is 26.4 Å². The molecule has 1 aromatic heterocycles. The Morgan fingerprint density at radius 2 is 1.78 bits per heavy atom. The number of carbonyl (C=O) groups is 2. The maximum Gasteiger partial charge on any atom is 0.283 e. The maximum absolute atomic E-state index is 12.9. The molecule has 164 valence electrons. The highest BCUT2D eigenvalue weighted by Gasteiger charge is 2.40. The molecule has 2 amide bonds. The molecule has 2 heterocycles. The van der Waals surface area contributed by atoms with Gasteiger partial charge in [0.15, 0.2) is 5.13 Å². The summed E-state index contributed by atoms with van der Waals surface area (Å²) in [6.07, 6.45) is 1.49. The molecule has 0 aliphatic carbocycles. The lowest BCUT2D eigenvalue weighted by Crippen LogP contribution is -2.32. The number of imide groups is 1. The van der Waals surface area contributed by atoms with Crippen LogP contribution in [0.2, 0.25) is 0 Å². The van der Waals surface area contributed by atoms with Crippen molar-refractivity contribution in [3.8, 4) is 5.75 Å². The van der Waals surface area contributed by atoms with E-state index in [9.17, 15) is 18.0 Å². The molecule has 2 aromatic carbocycles. The SMILES string of the molecule is COc1ccccc1N1C(=O)C(Cl)=C(Nc2ccc(S(=O)(=O)Nc3nccs3)cc2)C1=O. The molecule has 0 bridgehead atoms. The number of para-hydroxylation sites is 2. The van der Waals surface area contributed by atoms with E-state index < -0.39 is 21.8 Å². The van der Waals surface area contributed by atoms with Gasteiger partial charge in [-0.05, 0) is 36.4 Å². The van der Waals surface area contributed by atoms with Crippen molar-refractivity contribution in [2.24, 2.45) is 0 Å². The zero-order valence-electron chi connectivity index (χ0n) is 16.4. The molecule has 0 fully saturated rings. The Morgan fingerprint density at radius 3 is 2.44 bits per heavy atom. The van der Waals surface area contributed by atoms with Crippen LogP contribution in [-0.2, 0) is 19.6 Å². The summed E-state index contributed by atoms with van der Waals surface area (Å²) in [6, 6.07) is 12.2. The number of anilines is 3. The summed E-state index contributed by atoms with van der Waals surface area (Å²) in [5, 5.41) is 4.41. The second-order valence-electron chi connectivity index (χ2n) is 6.40. The molecule has 1 aliphatic heterocycles. The topological polar surface area (TPSA) is 118 Å². The molecule has 3 aromatic rings. The molecular formula is C20H15ClN4O5S2. The smallest absolute Gasteiger partial charge is 0.283 e. The highest BCUT2D eigenvalue weighted by Crippen LogP contribution is 2.35. The van der Waals surface area contributed by atoms with Gasteiger partial charge in [0.2, 0.25) is 0 Å². The number of nitrogens with one attached hydrogen (secondary N) is 2. The van der Waals surface area contributed by atoms with Crippen molar-refractivity contribution in [3.63, 3.8) is 0 Å². The van der Waals surface area contributed by atoms with E-state index in [0.29, 0.717) is 11.4 Å². The molecule has 2 N–H and O–H groups in total. The highest BCUT2D eigenvalue weighted by molar-refractivity contribution is 7.93. The standard InChI is InChI=1S/C20H15ClN4O5S2/c1-30-15-5-3-2-4-14(15)25-18(26)16(21)17(19(25)27)23-12-6-8-13(9-7-12)32(28,29)24-20-22-10-11-31-20/h2-11,23H,1H3,(H,22,24). The fraction of sp³-hybridized carbons (Fsp3) is 0.0500. The number of nitrogens with zero attached hydrogens (tertiary/aromatic N) is 2. The number of aromatic nitrogens is 1. The van der Waals surface area contributed by atoms with E-state index in [1.54, 1.807) is 29.6 Å². The molecule has 0 spiro atoms. The molecule has 9 nitrogen and oxygen atoms in total. The van der Waals surface area contributed by atoms with Gasteiger partial charge in [-0.2, -0.15) is 0 Å². The summed E-state index contributed by atoms with van der Waals surface area (Å²) >= 11 is 7.30. The van der Waals surface area contributed by atoms with Crippen molar-refractivity contribution in [1.29, 1.82) is 0 Å². The van der Waals surface area contributed by atoms with E-state index >= 15 is 0 Å². The van der Waals surface area contributed by atoms with E-state index in [2.05, 4.69) is 15.0 Å². The Balaban J connectivity index is 1.55. The fourth-order valence-corrected chi connectivity index (χ4v) is 4.96. The summed E-state index contributed by atoms with van der Waals surface area (Å²) in [4.78, 5) is 30.4. The Kier molecular flexibility index (Phi) is 5.87. The number of amides is 2. The van der Waals surface area contributed by atoms with Gasteiger partial charge in [-0.3, -0.25) is 14.3 Å². The molecule has 0 radical (unpaired) electrons. The van der Waals surface area contributed by atoms with Crippen LogP contribution in [0, 0.1) is 0 Å². The third-order valence-electron chi connectivity index (χ3n) is 4.44. The summed E-state index contributed by atoms with van der Waals surface area (Å²) in [5.74, 6) is -1.02. The first-order valence-electron chi connectivity index (χ1n) is 9.03. The van der Waals surface area contributed by atoms with Gasteiger partial charge in [0, 0.05) is 17.3 Å². The Hall–Kier alpha value is -3.41. The first kappa shape index (κ1) is 21.8. The zero-order valence-corrected chi connectivity index (χ0v) is 18.8. The number of hydrogen-bond donors (Lipinski definition) is 2. The Morgan fingerprint density at radius 1 is 1.06 bits per heavy atom. The number of ether oxygens (including phenoxy) is 1. The molecule has 0 unspecified atom stereocenters. The van der Waals surface area contributed by atoms with Crippen molar-refractivity contribution in [1.82, 2.24) is 4.98 Å². The first-order valence-corrected chi connectivity index (χ1v) is 11.8. The summed E-state index contributed by atoms with van der Waals surface area (Å²) in [5.41, 5.74) is 0.503. The molecule has 0 saturated heterocycles. The minimum absolute atomic E-state index is 0.00259. The van der Waals surface area contributed by atoms with Crippen molar-refractivity contribution in [2.45, 2.75) is 4.90 Å². The zero-order chi connectivity index (χ0) is 22.9. The third kappa shape index (κ3) is 4.05. The molecule has 0 saturated carbocycles. The number of rotatable bonds is 7. The predicted octanol–water partition coefficient (Wildman–Crippen LogP) is 3.39. The van der Waals surface area contributed by atoms with Crippen LogP contribution in [-0.4, -0.2) is 32.3 Å². The first-order chi connectivity index (χ1) is 15.3. The number of sulfonamides is 1. The second kappa shape index (κ2) is 8.61. The molecule has 4 rings (SSSR count). The van der Waals surface area contributed by atoms with Gasteiger partial charge >= 0.3 is 0 Å². The number of hydrogen-bond acceptors (Lipinski definition) is 8. The van der Waals surface area contributed by atoms with Gasteiger partial charge in [-0.25, -0.2) is 18.3 Å². The van der Waals surface area contributed by atoms with Gasteiger partial charge in [0.05, 0.1) is 17.7 Å². The number of carbonyl (C=O) groups excluding carboxylic acids is 2. The van der Waals surface area contributed by atoms with Crippen molar-refractivity contribution in [3.05, 3.63) is 70.8 Å². The van der Waals surface area contributed by atoms with Gasteiger partial charge < -0.3 is 10.1 Å². The van der Waals surface area contributed by atoms with Crippen molar-refractivity contribution in [2.75, 3.05) is 22.0 Å². The fourth-order valence-electron chi connectivity index (χ4n) is 2.95. The van der Waals surface area contributed by atoms with Crippen molar-refractivity contribution < 1.29 is 22.7 Å². The normalized spacial score (nSPS) is 14.1. The molecule has 32 heavy (non-hydrogen) atoms. The predicted molar refractivity (Wildman–Crippen MR) is 121 cm³/mol. The molecular weight excluding hydrogens is 476 g/mol. The van der Waals surface area contributed by atoms with E-state index in [4.69, 9.17) is 16.3 Å². The molecule has 0 atom stereocenters. The number of thiazole rings is 1. The van der Waals surface area contributed by atoms with Crippen LogP contribution in [0.15, 0.2) is 75.7 Å². The highest BCUT2D eigenvalue weighted by atomic mass is 35.5. The minimum atomic E-state index is -3.82. The third-order valence-corrected chi connectivity index (χ3v) is 6.96. The lowest BCUT2D eigenvalue weighted by molar-refractivity contribution is -0.120. The second-order valence-corrected chi connectivity index (χ2v) is 9.35. The van der Waals surface area contributed by atoms with Crippen molar-refractivity contribution >= 4 is 61.3 Å². The van der Waals surface area contributed by atoms with Crippen LogP contribution in [0.3, 0.4) is 0 Å². The summed E-state index contributed by atoms with van der Waals surface area (Å²) < 4.78 is 32.5. The van der Waals surface area contributed by atoms with E-state index in [1.807, 2.05) is 0 Å². The molecule has 12 heteroatoms. The number of halogens is 1. The van der Waals surface area contributed by atoms with Crippen LogP contribution < -0.4 is 19.7 Å². The van der Waals surface area contributed by atoms with E-state index in [0.717, 1.165) is 16.2 Å². The summed E-state index contributed by atoms with van der Waals surface area (Å²) in [7, 11) is -2.39. The lowest BCUT2D eigenvalue weighted by atomic mass is 10.2. The van der Waals surface area contributed by atoms with Crippen LogP contribution in [0.1, 0.15) is 0 Å². The van der Waals surface area contributed by atoms with Gasteiger partial charge in [-0.15, -0.1) is 11.3 Å². The largest absolute Gasteiger partial charge is 0.495 e. The average Bonchev–Trinajstić information content (AvgIpc) is 3.36. The quantitative estimate of drug-likeness (QED) is 0.487. The number of methoxy groups -OCH3 is 1. The van der Waals surface area contributed by atoms with Gasteiger partial charge in [0.25, 0.3) is 21.8 Å². The lowest BCUT2D eigenvalue weighted by Gasteiger charge is -2.17.